The summed E-state index contributed by atoms with van der Waals surface area (Å²) in [7, 11) is -1.48. The van der Waals surface area contributed by atoms with Gasteiger partial charge in [0.2, 0.25) is 0 Å². The molecule has 0 N–H and O–H groups in total. The minimum absolute atomic E-state index is 0.104. The number of carbonyl (C=O) groups excluding carboxylic acids is 1. The summed E-state index contributed by atoms with van der Waals surface area (Å²) >= 11 is 6.58. The minimum Gasteiger partial charge on any atom is -0.496 e. The van der Waals surface area contributed by atoms with Crippen molar-refractivity contribution in [2.75, 3.05) is 49.6 Å². The third kappa shape index (κ3) is 4.61. The number of rotatable bonds is 7. The molecule has 2 aliphatic heterocycles. The van der Waals surface area contributed by atoms with Crippen LogP contribution in [0.3, 0.4) is 0 Å². The highest BCUT2D eigenvalue weighted by Gasteiger charge is 2.60. The van der Waals surface area contributed by atoms with Crippen molar-refractivity contribution in [3.8, 4) is 11.5 Å². The molecular weight excluding hydrogens is 588 g/mol. The number of carbonyl (C=O) groups is 1. The monoisotopic (exact) mass is 618 g/mol. The zero-order valence-electron chi connectivity index (χ0n) is 24.0. The van der Waals surface area contributed by atoms with E-state index in [2.05, 4.69) is 9.88 Å². The maximum atomic E-state index is 15.1. The number of hydrogen-bond acceptors (Lipinski definition) is 8. The molecule has 0 radical (unpaired) electrons. The van der Waals surface area contributed by atoms with Crippen LogP contribution in [-0.4, -0.2) is 64.6 Å². The molecular formula is C32H31ClN4O5S. The number of methoxy groups -OCH3 is 2. The number of aromatic nitrogens is 1. The Balaban J connectivity index is 1.56. The summed E-state index contributed by atoms with van der Waals surface area (Å²) < 4.78 is 41.2. The molecule has 1 unspecified atom stereocenters. The van der Waals surface area contributed by atoms with Gasteiger partial charge < -0.3 is 14.4 Å². The molecule has 1 saturated heterocycles. The van der Waals surface area contributed by atoms with Crippen LogP contribution in [0.15, 0.2) is 90.1 Å². The van der Waals surface area contributed by atoms with Gasteiger partial charge in [0.05, 0.1) is 19.9 Å². The number of benzene rings is 3. The van der Waals surface area contributed by atoms with Crippen molar-refractivity contribution in [2.24, 2.45) is 0 Å². The quantitative estimate of drug-likeness (QED) is 0.290. The summed E-state index contributed by atoms with van der Waals surface area (Å²) in [6.45, 7) is 3.96. The molecule has 0 bridgehead atoms. The van der Waals surface area contributed by atoms with Gasteiger partial charge in [0, 0.05) is 60.4 Å². The molecule has 222 valence electrons. The van der Waals surface area contributed by atoms with Crippen LogP contribution in [0.25, 0.3) is 0 Å². The first-order valence-electron chi connectivity index (χ1n) is 13.8. The van der Waals surface area contributed by atoms with E-state index in [1.165, 1.54) is 20.3 Å². The molecule has 43 heavy (non-hydrogen) atoms. The van der Waals surface area contributed by atoms with Crippen molar-refractivity contribution in [1.82, 2.24) is 9.88 Å². The summed E-state index contributed by atoms with van der Waals surface area (Å²) in [4.78, 5) is 23.4. The van der Waals surface area contributed by atoms with Crippen LogP contribution < -0.4 is 18.7 Å². The van der Waals surface area contributed by atoms with Crippen molar-refractivity contribution in [2.45, 2.75) is 17.4 Å². The van der Waals surface area contributed by atoms with E-state index in [-0.39, 0.29) is 16.3 Å². The van der Waals surface area contributed by atoms with Crippen LogP contribution in [0.1, 0.15) is 16.7 Å². The molecule has 2 aliphatic rings. The number of ether oxygens (including phenoxy) is 2. The topological polar surface area (TPSA) is 92.3 Å². The summed E-state index contributed by atoms with van der Waals surface area (Å²) in [6.07, 6.45) is 3.50. The fourth-order valence-electron chi connectivity index (χ4n) is 6.21. The van der Waals surface area contributed by atoms with Gasteiger partial charge in [-0.05, 0) is 61.0 Å². The number of hydrogen-bond donors (Lipinski definition) is 0. The highest BCUT2D eigenvalue weighted by atomic mass is 35.5. The Labute approximate surface area is 256 Å². The molecule has 0 aliphatic carbocycles. The van der Waals surface area contributed by atoms with Crippen molar-refractivity contribution in [1.29, 1.82) is 0 Å². The van der Waals surface area contributed by atoms with Gasteiger partial charge in [0.15, 0.2) is 5.54 Å². The smallest absolute Gasteiger partial charge is 0.274 e. The maximum absolute atomic E-state index is 15.1. The Kier molecular flexibility index (Phi) is 7.53. The maximum Gasteiger partial charge on any atom is 0.274 e. The van der Waals surface area contributed by atoms with Crippen LogP contribution >= 0.6 is 11.6 Å². The molecule has 4 aromatic rings. The second kappa shape index (κ2) is 11.2. The van der Waals surface area contributed by atoms with E-state index >= 15 is 4.79 Å². The standard InChI is InChI=1S/C32H31ClN4O5S/c1-22-8-11-30(29(20-22)42-3)43(39,40)37-27-10-9-23(33)21-26(27)32(31(37)38,25-6-4-5-7-28(25)41-2)36-18-16-35(17-19-36)24-12-14-34-15-13-24/h4-15,20-21H,16-19H2,1-3H3. The molecule has 3 aromatic carbocycles. The Hall–Kier alpha value is -4.12. The lowest BCUT2D eigenvalue weighted by Gasteiger charge is -2.46. The summed E-state index contributed by atoms with van der Waals surface area (Å²) in [5.41, 5.74) is 1.56. The molecule has 11 heteroatoms. The average Bonchev–Trinajstić information content (AvgIpc) is 3.29. The fourth-order valence-corrected chi connectivity index (χ4v) is 7.98. The number of pyridine rings is 1. The number of sulfonamides is 1. The lowest BCUT2D eigenvalue weighted by Crippen LogP contribution is -2.60. The summed E-state index contributed by atoms with van der Waals surface area (Å²) in [5.74, 6) is -0.0103. The number of piperazine rings is 1. The predicted octanol–water partition coefficient (Wildman–Crippen LogP) is 4.86. The van der Waals surface area contributed by atoms with Crippen molar-refractivity contribution in [3.05, 3.63) is 107 Å². The van der Waals surface area contributed by atoms with Crippen LogP contribution in [-0.2, 0) is 20.4 Å². The second-order valence-corrected chi connectivity index (χ2v) is 12.7. The Morgan fingerprint density at radius 2 is 1.53 bits per heavy atom. The molecule has 0 saturated carbocycles. The zero-order chi connectivity index (χ0) is 30.4. The molecule has 1 amide bonds. The van der Waals surface area contributed by atoms with Gasteiger partial charge in [-0.3, -0.25) is 14.7 Å². The Morgan fingerprint density at radius 1 is 0.837 bits per heavy atom. The Bertz CT molecular complexity index is 1790. The highest BCUT2D eigenvalue weighted by Crippen LogP contribution is 2.53. The number of amides is 1. The van der Waals surface area contributed by atoms with Gasteiger partial charge >= 0.3 is 0 Å². The van der Waals surface area contributed by atoms with Gasteiger partial charge in [-0.1, -0.05) is 35.9 Å². The third-order valence-corrected chi connectivity index (χ3v) is 10.1. The van der Waals surface area contributed by atoms with Crippen molar-refractivity contribution in [3.63, 3.8) is 0 Å². The second-order valence-electron chi connectivity index (χ2n) is 10.5. The van der Waals surface area contributed by atoms with Gasteiger partial charge in [-0.15, -0.1) is 0 Å². The van der Waals surface area contributed by atoms with Gasteiger partial charge in [-0.25, -0.2) is 12.7 Å². The predicted molar refractivity (Wildman–Crippen MR) is 166 cm³/mol. The molecule has 1 atom stereocenters. The SMILES string of the molecule is COc1ccccc1C1(N2CCN(c3ccncc3)CC2)C(=O)N(S(=O)(=O)c2ccc(C)cc2OC)c2ccc(Cl)cc21. The zero-order valence-corrected chi connectivity index (χ0v) is 25.6. The van der Waals surface area contributed by atoms with E-state index in [1.54, 1.807) is 48.8 Å². The van der Waals surface area contributed by atoms with Crippen LogP contribution in [0, 0.1) is 6.92 Å². The number of anilines is 2. The molecule has 0 spiro atoms. The number of halogens is 1. The van der Waals surface area contributed by atoms with E-state index in [4.69, 9.17) is 21.1 Å². The third-order valence-electron chi connectivity index (χ3n) is 8.18. The summed E-state index contributed by atoms with van der Waals surface area (Å²) in [5, 5.41) is 0.383. The lowest BCUT2D eigenvalue weighted by molar-refractivity contribution is -0.127. The number of nitrogens with zero attached hydrogens (tertiary/aromatic N) is 4. The molecule has 9 nitrogen and oxygen atoms in total. The van der Waals surface area contributed by atoms with Gasteiger partial charge in [0.1, 0.15) is 16.4 Å². The lowest BCUT2D eigenvalue weighted by atomic mass is 9.81. The average molecular weight is 619 g/mol. The van der Waals surface area contributed by atoms with E-state index < -0.39 is 21.5 Å². The van der Waals surface area contributed by atoms with Crippen LogP contribution in [0.4, 0.5) is 11.4 Å². The minimum atomic E-state index is -4.43. The highest BCUT2D eigenvalue weighted by molar-refractivity contribution is 7.93. The Morgan fingerprint density at radius 3 is 2.23 bits per heavy atom. The molecule has 3 heterocycles. The number of aryl methyl sites for hydroxylation is 1. The van der Waals surface area contributed by atoms with E-state index in [1.807, 2.05) is 42.2 Å². The number of fused-ring (bicyclic) bond motifs is 1. The molecule has 1 fully saturated rings. The van der Waals surface area contributed by atoms with E-state index in [9.17, 15) is 8.42 Å². The van der Waals surface area contributed by atoms with Crippen molar-refractivity contribution >= 4 is 38.9 Å². The first-order chi connectivity index (χ1) is 20.7. The van der Waals surface area contributed by atoms with Crippen LogP contribution in [0.2, 0.25) is 5.02 Å². The van der Waals surface area contributed by atoms with E-state index in [0.29, 0.717) is 48.1 Å². The molecule has 6 rings (SSSR count). The van der Waals surface area contributed by atoms with E-state index in [0.717, 1.165) is 15.6 Å². The van der Waals surface area contributed by atoms with Gasteiger partial charge in [0.25, 0.3) is 15.9 Å². The summed E-state index contributed by atoms with van der Waals surface area (Å²) in [6, 6.07) is 20.8. The first-order valence-corrected chi connectivity index (χ1v) is 15.6. The largest absolute Gasteiger partial charge is 0.496 e. The van der Waals surface area contributed by atoms with Crippen molar-refractivity contribution < 1.29 is 22.7 Å². The fraction of sp³-hybridized carbons (Fsp3) is 0.250. The normalized spacial score (nSPS) is 18.9. The first kappa shape index (κ1) is 29.0. The van der Waals surface area contributed by atoms with Crippen LogP contribution in [0.5, 0.6) is 11.5 Å². The molecule has 1 aromatic heterocycles. The van der Waals surface area contributed by atoms with Gasteiger partial charge in [-0.2, -0.15) is 0 Å². The number of para-hydroxylation sites is 1.